The lowest BCUT2D eigenvalue weighted by atomic mass is 9.39. The minimum Gasteiger partial charge on any atom is -0.469 e. The van der Waals surface area contributed by atoms with Gasteiger partial charge in [-0.2, -0.15) is 5.10 Å². The van der Waals surface area contributed by atoms with E-state index < -0.39 is 0 Å². The molecule has 1 aromatic rings. The Bertz CT molecular complexity index is 604. The maximum atomic E-state index is 11.9. The maximum Gasteiger partial charge on any atom is 0.312 e. The summed E-state index contributed by atoms with van der Waals surface area (Å²) >= 11 is 0. The second-order valence-electron chi connectivity index (χ2n) is 6.39. The van der Waals surface area contributed by atoms with E-state index in [9.17, 15) is 9.59 Å². The highest BCUT2D eigenvalue weighted by atomic mass is 16.5. The van der Waals surface area contributed by atoms with Crippen LogP contribution in [0.2, 0.25) is 0 Å². The molecule has 0 spiro atoms. The van der Waals surface area contributed by atoms with Gasteiger partial charge < -0.3 is 15.0 Å². The van der Waals surface area contributed by atoms with Crippen LogP contribution in [0.25, 0.3) is 0 Å². The van der Waals surface area contributed by atoms with E-state index in [-0.39, 0.29) is 22.8 Å². The van der Waals surface area contributed by atoms with Crippen LogP contribution in [0.4, 0.5) is 5.69 Å². The van der Waals surface area contributed by atoms with Crippen LogP contribution in [-0.4, -0.2) is 48.4 Å². The minimum absolute atomic E-state index is 0.0382. The van der Waals surface area contributed by atoms with Crippen molar-refractivity contribution in [3.05, 3.63) is 12.4 Å². The first-order chi connectivity index (χ1) is 10.1. The van der Waals surface area contributed by atoms with E-state index in [4.69, 9.17) is 4.74 Å². The monoisotopic (exact) mass is 290 g/mol. The van der Waals surface area contributed by atoms with Crippen molar-refractivity contribution in [3.63, 3.8) is 0 Å². The van der Waals surface area contributed by atoms with Crippen LogP contribution in [0.1, 0.15) is 19.3 Å². The second kappa shape index (κ2) is 4.07. The molecule has 2 bridgehead atoms. The van der Waals surface area contributed by atoms with Gasteiger partial charge in [0.2, 0.25) is 5.91 Å². The number of anilines is 1. The normalized spacial score (nSPS) is 34.1. The molecule has 2 heterocycles. The predicted octanol–water partition coefficient (Wildman–Crippen LogP) is -0.129. The van der Waals surface area contributed by atoms with Gasteiger partial charge in [-0.15, -0.1) is 0 Å². The summed E-state index contributed by atoms with van der Waals surface area (Å²) in [6.07, 6.45) is 6.06. The molecule has 1 amide bonds. The van der Waals surface area contributed by atoms with Gasteiger partial charge in [0.25, 0.3) is 0 Å². The average Bonchev–Trinajstić information content (AvgIpc) is 2.85. The number of hydrogen-bond donors (Lipinski definition) is 1. The van der Waals surface area contributed by atoms with Crippen molar-refractivity contribution in [1.29, 1.82) is 0 Å². The van der Waals surface area contributed by atoms with E-state index in [1.54, 1.807) is 11.1 Å². The molecule has 0 aromatic carbocycles. The summed E-state index contributed by atoms with van der Waals surface area (Å²) in [6.45, 7) is 1.85. The van der Waals surface area contributed by atoms with Crippen LogP contribution in [0.5, 0.6) is 0 Å². The van der Waals surface area contributed by atoms with Crippen LogP contribution in [-0.2, 0) is 19.9 Å². The summed E-state index contributed by atoms with van der Waals surface area (Å²) in [5.41, 5.74) is 0.535. The Labute approximate surface area is 122 Å². The molecule has 0 atom stereocenters. The molecule has 1 saturated heterocycles. The molecule has 1 aliphatic heterocycles. The molecule has 112 valence electrons. The quantitative estimate of drug-likeness (QED) is 0.785. The Morgan fingerprint density at radius 1 is 1.43 bits per heavy atom. The summed E-state index contributed by atoms with van der Waals surface area (Å²) in [5, 5.41) is 7.48. The van der Waals surface area contributed by atoms with Crippen LogP contribution >= 0.6 is 0 Å². The highest BCUT2D eigenvalue weighted by Gasteiger charge is 2.74. The zero-order valence-electron chi connectivity index (χ0n) is 12.0. The number of nitrogens with one attached hydrogen (secondary N) is 1. The number of ether oxygens (including phenoxy) is 1. The third kappa shape index (κ3) is 1.61. The van der Waals surface area contributed by atoms with E-state index in [2.05, 4.69) is 10.4 Å². The fourth-order valence-electron chi connectivity index (χ4n) is 4.00. The van der Waals surface area contributed by atoms with Crippen molar-refractivity contribution >= 4 is 17.6 Å². The number of carbonyl (C=O) groups excluding carboxylic acids is 2. The molecular weight excluding hydrogens is 272 g/mol. The fourth-order valence-corrected chi connectivity index (χ4v) is 4.00. The first-order valence-corrected chi connectivity index (χ1v) is 7.23. The number of rotatable bonds is 3. The van der Waals surface area contributed by atoms with Gasteiger partial charge in [0.1, 0.15) is 0 Å². The van der Waals surface area contributed by atoms with Gasteiger partial charge in [-0.05, 0) is 19.3 Å². The molecular formula is C14H18N4O3. The number of amides is 1. The van der Waals surface area contributed by atoms with Crippen molar-refractivity contribution in [2.45, 2.75) is 24.8 Å². The summed E-state index contributed by atoms with van der Waals surface area (Å²) in [7, 11) is 1.44. The van der Waals surface area contributed by atoms with Gasteiger partial charge in [0, 0.05) is 19.3 Å². The molecule has 4 aliphatic rings. The van der Waals surface area contributed by atoms with Crippen molar-refractivity contribution in [1.82, 2.24) is 15.1 Å². The van der Waals surface area contributed by atoms with Crippen LogP contribution in [0.3, 0.4) is 0 Å². The third-order valence-electron chi connectivity index (χ3n) is 5.08. The van der Waals surface area contributed by atoms with Gasteiger partial charge in [0.05, 0.1) is 36.5 Å². The Hall–Kier alpha value is -1.89. The Kier molecular flexibility index (Phi) is 2.48. The predicted molar refractivity (Wildman–Crippen MR) is 73.7 cm³/mol. The van der Waals surface area contributed by atoms with Gasteiger partial charge in [0.15, 0.2) is 0 Å². The largest absolute Gasteiger partial charge is 0.469 e. The number of esters is 1. The molecule has 3 saturated carbocycles. The number of hydrogen-bond acceptors (Lipinski definition) is 5. The highest BCUT2D eigenvalue weighted by molar-refractivity contribution is 5.95. The van der Waals surface area contributed by atoms with E-state index in [0.29, 0.717) is 13.1 Å². The number of aromatic nitrogens is 2. The van der Waals surface area contributed by atoms with Crippen molar-refractivity contribution in [2.24, 2.45) is 5.41 Å². The molecule has 7 heteroatoms. The Morgan fingerprint density at radius 2 is 2.19 bits per heavy atom. The minimum atomic E-state index is -0.272. The Morgan fingerprint density at radius 3 is 2.86 bits per heavy atom. The number of nitrogens with zero attached hydrogens (tertiary/aromatic N) is 3. The first-order valence-electron chi connectivity index (χ1n) is 7.23. The molecule has 0 radical (unpaired) electrons. The lowest BCUT2D eigenvalue weighted by Gasteiger charge is -2.67. The average molecular weight is 290 g/mol. The maximum absolute atomic E-state index is 11.9. The number of carbonyl (C=O) groups is 2. The van der Waals surface area contributed by atoms with E-state index in [0.717, 1.165) is 31.5 Å². The van der Waals surface area contributed by atoms with Crippen LogP contribution < -0.4 is 10.2 Å². The molecule has 1 aromatic heterocycles. The fraction of sp³-hybridized carbons (Fsp3) is 0.643. The smallest absolute Gasteiger partial charge is 0.312 e. The molecule has 21 heavy (non-hydrogen) atoms. The lowest BCUT2D eigenvalue weighted by molar-refractivity contribution is -0.219. The van der Waals surface area contributed by atoms with Gasteiger partial charge >= 0.3 is 5.97 Å². The van der Waals surface area contributed by atoms with Gasteiger partial charge in [-0.3, -0.25) is 14.3 Å². The number of piperazine rings is 1. The molecule has 4 fully saturated rings. The zero-order valence-corrected chi connectivity index (χ0v) is 12.0. The third-order valence-corrected chi connectivity index (χ3v) is 5.08. The van der Waals surface area contributed by atoms with Crippen molar-refractivity contribution < 1.29 is 14.3 Å². The summed E-state index contributed by atoms with van der Waals surface area (Å²) in [6, 6.07) is 0. The molecule has 1 N–H and O–H groups in total. The summed E-state index contributed by atoms with van der Waals surface area (Å²) < 4.78 is 6.79. The zero-order chi connectivity index (χ0) is 14.7. The van der Waals surface area contributed by atoms with E-state index in [1.807, 2.05) is 10.9 Å². The van der Waals surface area contributed by atoms with Crippen molar-refractivity contribution in [2.75, 3.05) is 31.6 Å². The number of methoxy groups -OCH3 is 1. The van der Waals surface area contributed by atoms with Crippen LogP contribution in [0, 0.1) is 5.41 Å². The summed E-state index contributed by atoms with van der Waals surface area (Å²) in [4.78, 5) is 25.4. The van der Waals surface area contributed by atoms with Gasteiger partial charge in [-0.1, -0.05) is 0 Å². The molecule has 3 aliphatic carbocycles. The first kappa shape index (κ1) is 12.8. The van der Waals surface area contributed by atoms with E-state index in [1.165, 1.54) is 7.11 Å². The Balaban J connectivity index is 1.50. The highest BCUT2D eigenvalue weighted by Crippen LogP contribution is 2.71. The SMILES string of the molecule is COC(=O)C12CC(n3cc(N4CCNCC4=O)cn3)(C1)C2. The molecule has 7 nitrogen and oxygen atoms in total. The molecule has 0 unspecified atom stereocenters. The molecule has 5 rings (SSSR count). The van der Waals surface area contributed by atoms with Crippen LogP contribution in [0.15, 0.2) is 12.4 Å². The lowest BCUT2D eigenvalue weighted by Crippen LogP contribution is -2.71. The standard InChI is InChI=1S/C14H18N4O3/c1-21-12(20)13-7-14(8-13,9-13)18-6-10(4-16-18)17-3-2-15-5-11(17)19/h4,6,15H,2-3,5,7-9H2,1H3. The summed E-state index contributed by atoms with van der Waals surface area (Å²) in [5.74, 6) is -0.0292. The van der Waals surface area contributed by atoms with Crippen molar-refractivity contribution in [3.8, 4) is 0 Å². The van der Waals surface area contributed by atoms with Gasteiger partial charge in [-0.25, -0.2) is 0 Å². The van der Waals surface area contributed by atoms with E-state index >= 15 is 0 Å². The topological polar surface area (TPSA) is 76.5 Å². The second-order valence-corrected chi connectivity index (χ2v) is 6.39.